The Morgan fingerprint density at radius 2 is 1.82 bits per heavy atom. The van der Waals surface area contributed by atoms with Crippen LogP contribution in [0.1, 0.15) is 33.6 Å². The van der Waals surface area contributed by atoms with Crippen LogP contribution >= 0.6 is 0 Å². The van der Waals surface area contributed by atoms with Gasteiger partial charge in [0.1, 0.15) is 5.60 Å². The quantitative estimate of drug-likeness (QED) is 0.636. The number of ether oxygens (including phenoxy) is 1. The molecule has 0 aromatic rings. The highest BCUT2D eigenvalue weighted by atomic mass is 16.6. The van der Waals surface area contributed by atoms with Crippen molar-refractivity contribution < 1.29 is 24.2 Å². The summed E-state index contributed by atoms with van der Waals surface area (Å²) in [6, 6.07) is -0.924. The van der Waals surface area contributed by atoms with Crippen molar-refractivity contribution in [2.24, 2.45) is 5.73 Å². The Kier molecular flexibility index (Phi) is 5.43. The van der Waals surface area contributed by atoms with E-state index in [4.69, 9.17) is 10.5 Å². The Labute approximate surface area is 99.3 Å². The van der Waals surface area contributed by atoms with E-state index in [0.29, 0.717) is 0 Å². The molecule has 3 N–H and O–H groups in total. The molecular weight excluding hydrogens is 228 g/mol. The molecule has 7 nitrogen and oxygen atoms in total. The Balaban J connectivity index is 4.37. The van der Waals surface area contributed by atoms with Gasteiger partial charge in [0, 0.05) is 24.9 Å². The zero-order chi connectivity index (χ0) is 13.6. The van der Waals surface area contributed by atoms with Gasteiger partial charge in [0.25, 0.3) is 0 Å². The molecule has 0 spiro atoms. The summed E-state index contributed by atoms with van der Waals surface area (Å²) in [5.74, 6) is -2.10. The van der Waals surface area contributed by atoms with E-state index < -0.39 is 36.0 Å². The van der Waals surface area contributed by atoms with Crippen LogP contribution in [0.15, 0.2) is 0 Å². The number of primary amides is 1. The Bertz CT molecular complexity index is 292. The number of nitrogens with two attached hydrogens (primary N) is 1. The van der Waals surface area contributed by atoms with Crippen LogP contribution in [0.4, 0.5) is 4.79 Å². The predicted molar refractivity (Wildman–Crippen MR) is 56.6 cm³/mol. The molecule has 0 fully saturated rings. The van der Waals surface area contributed by atoms with E-state index >= 15 is 0 Å². The lowest BCUT2D eigenvalue weighted by Gasteiger charge is -2.23. The molecule has 0 heterocycles. The first-order valence-corrected chi connectivity index (χ1v) is 5.08. The number of alkyl carbamates (subject to hydrolysis) is 1. The average Bonchev–Trinajstić information content (AvgIpc) is 1.95. The van der Waals surface area contributed by atoms with Gasteiger partial charge in [0.15, 0.2) is 0 Å². The highest BCUT2D eigenvalue weighted by Gasteiger charge is 2.20. The number of carboxylic acids is 1. The number of aliphatic carboxylic acids is 1. The van der Waals surface area contributed by atoms with Gasteiger partial charge >= 0.3 is 6.09 Å². The Morgan fingerprint density at radius 3 is 2.18 bits per heavy atom. The predicted octanol–water partition coefficient (Wildman–Crippen LogP) is -1.10. The highest BCUT2D eigenvalue weighted by molar-refractivity contribution is 5.77. The number of rotatable bonds is 5. The lowest BCUT2D eigenvalue weighted by Crippen LogP contribution is -2.44. The van der Waals surface area contributed by atoms with E-state index in [2.05, 4.69) is 5.32 Å². The number of amides is 2. The maximum atomic E-state index is 11.3. The maximum absolute atomic E-state index is 11.3. The third kappa shape index (κ3) is 9.16. The van der Waals surface area contributed by atoms with Crippen LogP contribution in [-0.2, 0) is 14.3 Å². The van der Waals surface area contributed by atoms with Crippen LogP contribution in [-0.4, -0.2) is 29.6 Å². The summed E-state index contributed by atoms with van der Waals surface area (Å²) < 4.78 is 4.92. The third-order valence-electron chi connectivity index (χ3n) is 1.58. The van der Waals surface area contributed by atoms with Crippen molar-refractivity contribution in [2.75, 3.05) is 0 Å². The molecule has 0 unspecified atom stereocenters. The summed E-state index contributed by atoms with van der Waals surface area (Å²) in [6.07, 6.45) is -1.58. The van der Waals surface area contributed by atoms with Crippen LogP contribution < -0.4 is 16.2 Å². The number of nitrogens with one attached hydrogen (secondary N) is 1. The van der Waals surface area contributed by atoms with Gasteiger partial charge in [0.2, 0.25) is 5.91 Å². The minimum atomic E-state index is -1.38. The summed E-state index contributed by atoms with van der Waals surface area (Å²) in [7, 11) is 0. The van der Waals surface area contributed by atoms with E-state index in [9.17, 15) is 19.5 Å². The molecule has 0 rings (SSSR count). The molecule has 0 aliphatic carbocycles. The average molecular weight is 245 g/mol. The van der Waals surface area contributed by atoms with Crippen molar-refractivity contribution in [1.82, 2.24) is 5.32 Å². The molecule has 2 amide bonds. The summed E-state index contributed by atoms with van der Waals surface area (Å²) in [5, 5.41) is 12.7. The molecular formula is C10H17N2O5-. The number of carbonyl (C=O) groups is 3. The van der Waals surface area contributed by atoms with E-state index in [-0.39, 0.29) is 6.42 Å². The molecule has 17 heavy (non-hydrogen) atoms. The van der Waals surface area contributed by atoms with E-state index in [0.717, 1.165) is 0 Å². The van der Waals surface area contributed by atoms with Crippen molar-refractivity contribution in [2.45, 2.75) is 45.3 Å². The van der Waals surface area contributed by atoms with Gasteiger partial charge in [0.05, 0.1) is 0 Å². The molecule has 0 aliphatic heterocycles. The van der Waals surface area contributed by atoms with Crippen LogP contribution in [0.25, 0.3) is 0 Å². The molecule has 0 saturated heterocycles. The Hall–Kier alpha value is -1.79. The summed E-state index contributed by atoms with van der Waals surface area (Å²) in [5.41, 5.74) is 4.22. The molecule has 0 aromatic heterocycles. The van der Waals surface area contributed by atoms with Gasteiger partial charge in [-0.25, -0.2) is 4.79 Å². The summed E-state index contributed by atoms with van der Waals surface area (Å²) in [4.78, 5) is 32.4. The molecule has 0 radical (unpaired) electrons. The molecule has 0 aromatic carbocycles. The van der Waals surface area contributed by atoms with Crippen molar-refractivity contribution in [3.8, 4) is 0 Å². The van der Waals surface area contributed by atoms with Crippen molar-refractivity contribution in [1.29, 1.82) is 0 Å². The van der Waals surface area contributed by atoms with Crippen LogP contribution in [0.5, 0.6) is 0 Å². The SMILES string of the molecule is CC(C)(C)OC(=O)N[C@H](CC(N)=O)CC(=O)[O-]. The lowest BCUT2D eigenvalue weighted by molar-refractivity contribution is -0.306. The van der Waals surface area contributed by atoms with E-state index in [1.165, 1.54) is 0 Å². The topological polar surface area (TPSA) is 122 Å². The first-order chi connectivity index (χ1) is 7.60. The normalized spacial score (nSPS) is 12.6. The van der Waals surface area contributed by atoms with Crippen LogP contribution in [0.2, 0.25) is 0 Å². The second kappa shape index (κ2) is 6.07. The second-order valence-corrected chi connectivity index (χ2v) is 4.59. The zero-order valence-corrected chi connectivity index (χ0v) is 10.1. The monoisotopic (exact) mass is 245 g/mol. The molecule has 7 heteroatoms. The van der Waals surface area contributed by atoms with Gasteiger partial charge in [-0.3, -0.25) is 4.79 Å². The second-order valence-electron chi connectivity index (χ2n) is 4.59. The van der Waals surface area contributed by atoms with E-state index in [1.807, 2.05) is 0 Å². The van der Waals surface area contributed by atoms with Gasteiger partial charge in [-0.1, -0.05) is 0 Å². The van der Waals surface area contributed by atoms with Crippen molar-refractivity contribution >= 4 is 18.0 Å². The fraction of sp³-hybridized carbons (Fsp3) is 0.700. The molecule has 98 valence electrons. The van der Waals surface area contributed by atoms with Crippen LogP contribution in [0, 0.1) is 0 Å². The molecule has 0 saturated carbocycles. The van der Waals surface area contributed by atoms with Crippen molar-refractivity contribution in [3.05, 3.63) is 0 Å². The highest BCUT2D eigenvalue weighted by Crippen LogP contribution is 2.07. The van der Waals surface area contributed by atoms with Gasteiger partial charge in [-0.05, 0) is 20.8 Å². The van der Waals surface area contributed by atoms with Crippen molar-refractivity contribution in [3.63, 3.8) is 0 Å². The number of carbonyl (C=O) groups excluding carboxylic acids is 3. The first-order valence-electron chi connectivity index (χ1n) is 5.08. The van der Waals surface area contributed by atoms with Gasteiger partial charge < -0.3 is 25.7 Å². The number of hydrogen-bond acceptors (Lipinski definition) is 5. The Morgan fingerprint density at radius 1 is 1.29 bits per heavy atom. The number of carboxylic acid groups (broad SMARTS) is 1. The van der Waals surface area contributed by atoms with E-state index in [1.54, 1.807) is 20.8 Å². The summed E-state index contributed by atoms with van der Waals surface area (Å²) in [6.45, 7) is 4.98. The minimum absolute atomic E-state index is 0.285. The van der Waals surface area contributed by atoms with Crippen LogP contribution in [0.3, 0.4) is 0 Å². The zero-order valence-electron chi connectivity index (χ0n) is 10.1. The van der Waals surface area contributed by atoms with Gasteiger partial charge in [-0.2, -0.15) is 0 Å². The molecule has 1 atom stereocenters. The third-order valence-corrected chi connectivity index (χ3v) is 1.58. The smallest absolute Gasteiger partial charge is 0.407 e. The van der Waals surface area contributed by atoms with Gasteiger partial charge in [-0.15, -0.1) is 0 Å². The summed E-state index contributed by atoms with van der Waals surface area (Å²) >= 11 is 0. The number of hydrogen-bond donors (Lipinski definition) is 2. The molecule has 0 bridgehead atoms. The maximum Gasteiger partial charge on any atom is 0.407 e. The minimum Gasteiger partial charge on any atom is -0.550 e. The fourth-order valence-corrected chi connectivity index (χ4v) is 1.09. The largest absolute Gasteiger partial charge is 0.550 e. The molecule has 0 aliphatic rings. The first kappa shape index (κ1) is 15.2. The lowest BCUT2D eigenvalue weighted by atomic mass is 10.1. The fourth-order valence-electron chi connectivity index (χ4n) is 1.09. The standard InChI is InChI=1S/C10H18N2O5/c1-10(2,3)17-9(16)12-6(4-7(11)13)5-8(14)15/h6H,4-5H2,1-3H3,(H2,11,13)(H,12,16)(H,14,15)/p-1/t6-/m1/s1.